The molecule has 140 valence electrons. The van der Waals surface area contributed by atoms with E-state index in [2.05, 4.69) is 16.3 Å². The van der Waals surface area contributed by atoms with Gasteiger partial charge in [-0.2, -0.15) is 5.26 Å². The van der Waals surface area contributed by atoms with Crippen LogP contribution >= 0.6 is 0 Å². The van der Waals surface area contributed by atoms with Crippen molar-refractivity contribution < 1.29 is 18.9 Å². The minimum atomic E-state index is -0.454. The number of para-hydroxylation sites is 1. The highest BCUT2D eigenvalue weighted by molar-refractivity contribution is 5.58. The molecule has 0 radical (unpaired) electrons. The third kappa shape index (κ3) is 4.19. The Morgan fingerprint density at radius 3 is 2.67 bits per heavy atom. The van der Waals surface area contributed by atoms with Crippen molar-refractivity contribution in [2.45, 2.75) is 6.41 Å². The summed E-state index contributed by atoms with van der Waals surface area (Å²) >= 11 is 0. The van der Waals surface area contributed by atoms with Gasteiger partial charge in [-0.05, 0) is 30.3 Å². The summed E-state index contributed by atoms with van der Waals surface area (Å²) in [7, 11) is 0. The third-order valence-corrected chi connectivity index (χ3v) is 4.28. The minimum absolute atomic E-state index is 0.214. The molecule has 0 bridgehead atoms. The topological polar surface area (TPSA) is 79.2 Å². The maximum atomic E-state index is 9.55. The zero-order valence-corrected chi connectivity index (χ0v) is 14.7. The molecule has 2 aromatic carbocycles. The molecule has 2 saturated heterocycles. The predicted molar refractivity (Wildman–Crippen MR) is 96.5 cm³/mol. The summed E-state index contributed by atoms with van der Waals surface area (Å²) in [5, 5.41) is 12.9. The zero-order valence-electron chi connectivity index (χ0n) is 14.7. The van der Waals surface area contributed by atoms with Crippen LogP contribution < -0.4 is 15.0 Å². The molecule has 0 aliphatic carbocycles. The van der Waals surface area contributed by atoms with Gasteiger partial charge < -0.3 is 23.8 Å². The Bertz CT molecular complexity index is 805. The van der Waals surface area contributed by atoms with Gasteiger partial charge >= 0.3 is 0 Å². The summed E-state index contributed by atoms with van der Waals surface area (Å²) in [6, 6.07) is 17.2. The highest BCUT2D eigenvalue weighted by Gasteiger charge is 2.28. The first-order valence-corrected chi connectivity index (χ1v) is 8.61. The quantitative estimate of drug-likeness (QED) is 0.880. The first-order valence-electron chi connectivity index (χ1n) is 8.61. The van der Waals surface area contributed by atoms with Gasteiger partial charge in [0.05, 0.1) is 25.6 Å². The lowest BCUT2D eigenvalue weighted by Gasteiger charge is -2.41. The first-order chi connectivity index (χ1) is 13.3. The molecule has 8 nitrogen and oxygen atoms in total. The number of benzene rings is 2. The number of hydrogen-bond acceptors (Lipinski definition) is 8. The summed E-state index contributed by atoms with van der Waals surface area (Å²) in [5.74, 6) is 1.23. The Morgan fingerprint density at radius 1 is 1.07 bits per heavy atom. The Morgan fingerprint density at radius 2 is 1.89 bits per heavy atom. The van der Waals surface area contributed by atoms with Gasteiger partial charge in [0, 0.05) is 5.69 Å². The van der Waals surface area contributed by atoms with Crippen LogP contribution in [0, 0.1) is 11.3 Å². The Labute approximate surface area is 157 Å². The highest BCUT2D eigenvalue weighted by Crippen LogP contribution is 2.29. The van der Waals surface area contributed by atoms with Gasteiger partial charge in [0.15, 0.2) is 13.6 Å². The van der Waals surface area contributed by atoms with Gasteiger partial charge in [-0.25, -0.2) is 4.90 Å². The molecule has 2 aromatic rings. The molecule has 2 aliphatic heterocycles. The molecular weight excluding hydrogens is 348 g/mol. The summed E-state index contributed by atoms with van der Waals surface area (Å²) < 4.78 is 21.8. The fraction of sp³-hybridized carbons (Fsp3) is 0.316. The molecule has 0 unspecified atom stereocenters. The second-order valence-corrected chi connectivity index (χ2v) is 6.12. The van der Waals surface area contributed by atoms with Crippen molar-refractivity contribution in [1.82, 2.24) is 10.2 Å². The van der Waals surface area contributed by atoms with Crippen molar-refractivity contribution in [3.63, 3.8) is 0 Å². The second kappa shape index (κ2) is 8.35. The number of nitrogens with zero attached hydrogens (tertiary/aromatic N) is 3. The van der Waals surface area contributed by atoms with Crippen LogP contribution in [0.3, 0.4) is 0 Å². The standard InChI is InChI=1S/C19H20N4O4/c20-9-15-8-16(6-7-18(15)27-17-4-2-1-3-5-17)22-10-21-11-23(12-22)19-25-13-24-14-26-19/h1-8,19,21H,10-14H2. The fourth-order valence-electron chi connectivity index (χ4n) is 2.97. The van der Waals surface area contributed by atoms with Crippen LogP contribution in [-0.2, 0) is 14.2 Å². The Balaban J connectivity index is 1.49. The summed E-state index contributed by atoms with van der Waals surface area (Å²) in [6.07, 6.45) is -0.454. The van der Waals surface area contributed by atoms with E-state index in [4.69, 9.17) is 18.9 Å². The van der Waals surface area contributed by atoms with E-state index in [0.717, 1.165) is 5.69 Å². The summed E-state index contributed by atoms with van der Waals surface area (Å²) in [6.45, 7) is 2.32. The molecule has 0 amide bonds. The first kappa shape index (κ1) is 17.7. The van der Waals surface area contributed by atoms with Crippen LogP contribution in [0.5, 0.6) is 11.5 Å². The fourth-order valence-corrected chi connectivity index (χ4v) is 2.97. The molecule has 2 heterocycles. The van der Waals surface area contributed by atoms with Gasteiger partial charge in [-0.1, -0.05) is 18.2 Å². The van der Waals surface area contributed by atoms with E-state index in [9.17, 15) is 5.26 Å². The maximum Gasteiger partial charge on any atom is 0.225 e. The zero-order chi connectivity index (χ0) is 18.5. The lowest BCUT2D eigenvalue weighted by Crippen LogP contribution is -2.58. The van der Waals surface area contributed by atoms with Crippen molar-refractivity contribution in [3.05, 3.63) is 54.1 Å². The van der Waals surface area contributed by atoms with Crippen molar-refractivity contribution in [2.75, 3.05) is 38.5 Å². The van der Waals surface area contributed by atoms with Gasteiger partial charge in [-0.3, -0.25) is 5.32 Å². The molecule has 0 aromatic heterocycles. The molecule has 0 atom stereocenters. The van der Waals surface area contributed by atoms with E-state index in [0.29, 0.717) is 37.1 Å². The Kier molecular flexibility index (Phi) is 5.48. The molecule has 0 saturated carbocycles. The number of rotatable bonds is 4. The van der Waals surface area contributed by atoms with E-state index in [1.165, 1.54) is 0 Å². The van der Waals surface area contributed by atoms with Crippen LogP contribution in [0.1, 0.15) is 5.56 Å². The van der Waals surface area contributed by atoms with Crippen molar-refractivity contribution in [2.24, 2.45) is 0 Å². The molecule has 27 heavy (non-hydrogen) atoms. The number of anilines is 1. The number of nitriles is 1. The largest absolute Gasteiger partial charge is 0.456 e. The van der Waals surface area contributed by atoms with Gasteiger partial charge in [0.25, 0.3) is 0 Å². The van der Waals surface area contributed by atoms with Crippen molar-refractivity contribution in [1.29, 1.82) is 5.26 Å². The van der Waals surface area contributed by atoms with E-state index in [1.54, 1.807) is 0 Å². The number of ether oxygens (including phenoxy) is 4. The van der Waals surface area contributed by atoms with Gasteiger partial charge in [-0.15, -0.1) is 0 Å². The van der Waals surface area contributed by atoms with Crippen molar-refractivity contribution in [3.8, 4) is 17.6 Å². The molecule has 0 spiro atoms. The van der Waals surface area contributed by atoms with Gasteiger partial charge in [0.1, 0.15) is 17.6 Å². The van der Waals surface area contributed by atoms with Crippen LogP contribution in [0.25, 0.3) is 0 Å². The summed E-state index contributed by atoms with van der Waals surface area (Å²) in [5.41, 5.74) is 1.39. The maximum absolute atomic E-state index is 9.55. The molecule has 8 heteroatoms. The van der Waals surface area contributed by atoms with Crippen LogP contribution in [0.4, 0.5) is 5.69 Å². The molecule has 1 N–H and O–H groups in total. The normalized spacial score (nSPS) is 18.9. The lowest BCUT2D eigenvalue weighted by molar-refractivity contribution is -0.345. The van der Waals surface area contributed by atoms with Gasteiger partial charge in [0.2, 0.25) is 6.41 Å². The van der Waals surface area contributed by atoms with E-state index in [-0.39, 0.29) is 13.6 Å². The number of nitrogens with one attached hydrogen (secondary N) is 1. The Hall–Kier alpha value is -2.67. The molecule has 4 rings (SSSR count). The average molecular weight is 368 g/mol. The smallest absolute Gasteiger partial charge is 0.225 e. The average Bonchev–Trinajstić information content (AvgIpc) is 2.75. The minimum Gasteiger partial charge on any atom is -0.456 e. The van der Waals surface area contributed by atoms with Crippen LogP contribution in [0.15, 0.2) is 48.5 Å². The van der Waals surface area contributed by atoms with Crippen molar-refractivity contribution >= 4 is 5.69 Å². The molecular formula is C19H20N4O4. The SMILES string of the molecule is N#Cc1cc(N2CNCN(C3OCOCO3)C2)ccc1Oc1ccccc1. The summed E-state index contributed by atoms with van der Waals surface area (Å²) in [4.78, 5) is 4.10. The highest BCUT2D eigenvalue weighted by atomic mass is 16.9. The van der Waals surface area contributed by atoms with E-state index in [1.807, 2.05) is 53.4 Å². The second-order valence-electron chi connectivity index (χ2n) is 6.12. The van der Waals surface area contributed by atoms with E-state index < -0.39 is 6.41 Å². The number of hydrogen-bond donors (Lipinski definition) is 1. The van der Waals surface area contributed by atoms with E-state index >= 15 is 0 Å². The third-order valence-electron chi connectivity index (χ3n) is 4.28. The molecule has 2 fully saturated rings. The van der Waals surface area contributed by atoms with Crippen LogP contribution in [0.2, 0.25) is 0 Å². The monoisotopic (exact) mass is 368 g/mol. The lowest BCUT2D eigenvalue weighted by atomic mass is 10.2. The predicted octanol–water partition coefficient (Wildman–Crippen LogP) is 2.20. The van der Waals surface area contributed by atoms with Crippen LogP contribution in [-0.4, -0.2) is 44.9 Å². The molecule has 2 aliphatic rings.